The minimum absolute atomic E-state index is 0.0676. The zero-order chi connectivity index (χ0) is 16.1. The van der Waals surface area contributed by atoms with Crippen molar-refractivity contribution < 1.29 is 21.6 Å². The number of hydrogen-bond acceptors (Lipinski definition) is 3. The molecule has 8 heteroatoms. The lowest BCUT2D eigenvalue weighted by atomic mass is 10.2. The van der Waals surface area contributed by atoms with E-state index in [-0.39, 0.29) is 17.0 Å². The third-order valence-electron chi connectivity index (χ3n) is 4.35. The second-order valence-electron chi connectivity index (χ2n) is 5.96. The fourth-order valence-electron chi connectivity index (χ4n) is 3.41. The summed E-state index contributed by atoms with van der Waals surface area (Å²) in [5.74, 6) is 0. The van der Waals surface area contributed by atoms with E-state index >= 15 is 0 Å². The first-order valence-electron chi connectivity index (χ1n) is 7.09. The molecular weight excluding hydrogens is 317 g/mol. The van der Waals surface area contributed by atoms with Gasteiger partial charge >= 0.3 is 6.18 Å². The summed E-state index contributed by atoms with van der Waals surface area (Å²) >= 11 is 0. The molecule has 2 atom stereocenters. The number of rotatable bonds is 2. The highest BCUT2D eigenvalue weighted by Gasteiger charge is 2.46. The molecule has 0 aliphatic carbocycles. The molecule has 22 heavy (non-hydrogen) atoms. The maximum absolute atomic E-state index is 12.7. The first-order valence-corrected chi connectivity index (χ1v) is 8.53. The number of likely N-dealkylation sites (N-methyl/N-ethyl adjacent to an activating group) is 1. The van der Waals surface area contributed by atoms with E-state index in [1.54, 1.807) is 0 Å². The van der Waals surface area contributed by atoms with Gasteiger partial charge in [-0.25, -0.2) is 8.42 Å². The van der Waals surface area contributed by atoms with E-state index in [0.29, 0.717) is 13.1 Å². The van der Waals surface area contributed by atoms with Crippen molar-refractivity contribution in [3.8, 4) is 0 Å². The molecule has 0 spiro atoms. The number of benzene rings is 1. The average molecular weight is 334 g/mol. The number of alkyl halides is 3. The topological polar surface area (TPSA) is 40.6 Å². The van der Waals surface area contributed by atoms with Crippen molar-refractivity contribution in [1.82, 2.24) is 9.21 Å². The van der Waals surface area contributed by atoms with E-state index < -0.39 is 21.8 Å². The molecule has 4 nitrogen and oxygen atoms in total. The molecule has 2 aliphatic rings. The molecule has 2 fully saturated rings. The SMILES string of the molecule is CN1CC2CCC(C1)N2S(=O)(=O)c1ccc(C(F)(F)F)cc1. The van der Waals surface area contributed by atoms with Crippen molar-refractivity contribution in [2.45, 2.75) is 36.0 Å². The normalized spacial score (nSPS) is 27.3. The highest BCUT2D eigenvalue weighted by Crippen LogP contribution is 2.36. The first kappa shape index (κ1) is 15.8. The van der Waals surface area contributed by atoms with Crippen LogP contribution < -0.4 is 0 Å². The van der Waals surface area contributed by atoms with Crippen LogP contribution in [0.3, 0.4) is 0 Å². The van der Waals surface area contributed by atoms with Gasteiger partial charge in [-0.15, -0.1) is 0 Å². The minimum Gasteiger partial charge on any atom is -0.303 e. The van der Waals surface area contributed by atoms with Gasteiger partial charge in [-0.1, -0.05) is 0 Å². The molecule has 0 radical (unpaired) electrons. The van der Waals surface area contributed by atoms with Crippen LogP contribution in [0.15, 0.2) is 29.2 Å². The van der Waals surface area contributed by atoms with Gasteiger partial charge in [-0.2, -0.15) is 17.5 Å². The number of sulfonamides is 1. The zero-order valence-electron chi connectivity index (χ0n) is 12.0. The lowest BCUT2D eigenvalue weighted by Gasteiger charge is -2.38. The zero-order valence-corrected chi connectivity index (χ0v) is 12.9. The molecule has 2 aliphatic heterocycles. The average Bonchev–Trinajstić information content (AvgIpc) is 2.71. The molecule has 0 aromatic heterocycles. The van der Waals surface area contributed by atoms with Gasteiger partial charge in [0.25, 0.3) is 0 Å². The smallest absolute Gasteiger partial charge is 0.303 e. The van der Waals surface area contributed by atoms with Crippen LogP contribution in [0, 0.1) is 0 Å². The van der Waals surface area contributed by atoms with Crippen molar-refractivity contribution in [2.24, 2.45) is 0 Å². The Morgan fingerprint density at radius 3 is 2.00 bits per heavy atom. The van der Waals surface area contributed by atoms with Crippen molar-refractivity contribution in [3.63, 3.8) is 0 Å². The molecule has 1 aromatic rings. The second-order valence-corrected chi connectivity index (χ2v) is 7.81. The molecular formula is C14H17F3N2O2S. The summed E-state index contributed by atoms with van der Waals surface area (Å²) in [4.78, 5) is 2.03. The summed E-state index contributed by atoms with van der Waals surface area (Å²) in [6.07, 6.45) is -2.86. The van der Waals surface area contributed by atoms with Crippen LogP contribution in [0.1, 0.15) is 18.4 Å². The molecule has 1 aromatic carbocycles. The Labute approximate surface area is 127 Å². The van der Waals surface area contributed by atoms with Gasteiger partial charge in [0.2, 0.25) is 10.0 Å². The highest BCUT2D eigenvalue weighted by molar-refractivity contribution is 7.89. The molecule has 122 valence electrons. The van der Waals surface area contributed by atoms with Gasteiger partial charge in [-0.3, -0.25) is 0 Å². The molecule has 2 unspecified atom stereocenters. The molecule has 2 saturated heterocycles. The van der Waals surface area contributed by atoms with Crippen molar-refractivity contribution in [2.75, 3.05) is 20.1 Å². The van der Waals surface area contributed by atoms with Gasteiger partial charge < -0.3 is 4.90 Å². The summed E-state index contributed by atoms with van der Waals surface area (Å²) < 4.78 is 64.7. The van der Waals surface area contributed by atoms with Gasteiger partial charge in [0.05, 0.1) is 10.5 Å². The van der Waals surface area contributed by atoms with Gasteiger partial charge in [-0.05, 0) is 44.2 Å². The van der Waals surface area contributed by atoms with E-state index in [1.807, 2.05) is 7.05 Å². The molecule has 2 bridgehead atoms. The fourth-order valence-corrected chi connectivity index (χ4v) is 5.26. The second kappa shape index (κ2) is 5.21. The van der Waals surface area contributed by atoms with Crippen molar-refractivity contribution in [3.05, 3.63) is 29.8 Å². The Kier molecular flexibility index (Phi) is 3.73. The van der Waals surface area contributed by atoms with Crippen LogP contribution in [0.5, 0.6) is 0 Å². The van der Waals surface area contributed by atoms with Crippen LogP contribution in [0.2, 0.25) is 0 Å². The number of halogens is 3. The van der Waals surface area contributed by atoms with Crippen molar-refractivity contribution >= 4 is 10.0 Å². The van der Waals surface area contributed by atoms with Gasteiger partial charge in [0.1, 0.15) is 0 Å². The molecule has 0 N–H and O–H groups in total. The third kappa shape index (κ3) is 2.63. The van der Waals surface area contributed by atoms with Gasteiger partial charge in [0.15, 0.2) is 0 Å². The van der Waals surface area contributed by atoms with Gasteiger partial charge in [0, 0.05) is 25.2 Å². The minimum atomic E-state index is -4.46. The highest BCUT2D eigenvalue weighted by atomic mass is 32.2. The maximum Gasteiger partial charge on any atom is 0.416 e. The third-order valence-corrected chi connectivity index (χ3v) is 6.37. The molecule has 3 rings (SSSR count). The number of fused-ring (bicyclic) bond motifs is 2. The lowest BCUT2D eigenvalue weighted by molar-refractivity contribution is -0.137. The van der Waals surface area contributed by atoms with Crippen LogP contribution in [-0.2, 0) is 16.2 Å². The maximum atomic E-state index is 12.7. The number of likely N-dealkylation sites (tertiary alicyclic amines) is 1. The summed E-state index contributed by atoms with van der Waals surface area (Å²) in [6, 6.07) is 3.58. The molecule has 0 saturated carbocycles. The number of hydrogen-bond donors (Lipinski definition) is 0. The Hall–Kier alpha value is -1.12. The van der Waals surface area contributed by atoms with E-state index in [9.17, 15) is 21.6 Å². The Balaban J connectivity index is 1.91. The Morgan fingerprint density at radius 2 is 1.55 bits per heavy atom. The number of piperazine rings is 1. The quantitative estimate of drug-likeness (QED) is 0.832. The summed E-state index contributed by atoms with van der Waals surface area (Å²) in [7, 11) is -1.79. The standard InChI is InChI=1S/C14H17F3N2O2S/c1-18-8-11-4-5-12(9-18)19(11)22(20,21)13-6-2-10(3-7-13)14(15,16)17/h2-3,6-7,11-12H,4-5,8-9H2,1H3. The van der Waals surface area contributed by atoms with E-state index in [2.05, 4.69) is 4.90 Å². The van der Waals surface area contributed by atoms with E-state index in [4.69, 9.17) is 0 Å². The Morgan fingerprint density at radius 1 is 1.05 bits per heavy atom. The predicted molar refractivity (Wildman–Crippen MR) is 74.8 cm³/mol. The van der Waals surface area contributed by atoms with Crippen LogP contribution in [-0.4, -0.2) is 49.8 Å². The molecule has 2 heterocycles. The van der Waals surface area contributed by atoms with Crippen LogP contribution in [0.4, 0.5) is 13.2 Å². The first-order chi connectivity index (χ1) is 10.2. The fraction of sp³-hybridized carbons (Fsp3) is 0.571. The summed E-state index contributed by atoms with van der Waals surface area (Å²) in [5, 5.41) is 0. The van der Waals surface area contributed by atoms with E-state index in [0.717, 1.165) is 37.1 Å². The van der Waals surface area contributed by atoms with E-state index in [1.165, 1.54) is 4.31 Å². The number of nitrogens with zero attached hydrogens (tertiary/aromatic N) is 2. The Bertz CT molecular complexity index is 644. The lowest BCUT2D eigenvalue weighted by Crippen LogP contribution is -2.54. The van der Waals surface area contributed by atoms with Crippen LogP contribution in [0.25, 0.3) is 0 Å². The van der Waals surface area contributed by atoms with Crippen LogP contribution >= 0.6 is 0 Å². The molecule has 0 amide bonds. The largest absolute Gasteiger partial charge is 0.416 e. The predicted octanol–water partition coefficient (Wildman–Crippen LogP) is 2.17. The monoisotopic (exact) mass is 334 g/mol. The summed E-state index contributed by atoms with van der Waals surface area (Å²) in [6.45, 7) is 1.33. The summed E-state index contributed by atoms with van der Waals surface area (Å²) in [5.41, 5.74) is -0.840. The van der Waals surface area contributed by atoms with Crippen molar-refractivity contribution in [1.29, 1.82) is 0 Å².